The summed E-state index contributed by atoms with van der Waals surface area (Å²) in [7, 11) is 0. The maximum absolute atomic E-state index is 12.5. The van der Waals surface area contributed by atoms with Gasteiger partial charge in [-0.2, -0.15) is 0 Å². The monoisotopic (exact) mass is 625 g/mol. The molecule has 3 aromatic rings. The number of aryl methyl sites for hydroxylation is 1. The first-order chi connectivity index (χ1) is 21.5. The van der Waals surface area contributed by atoms with Crippen LogP contribution in [0.5, 0.6) is 23.0 Å². The highest BCUT2D eigenvalue weighted by Crippen LogP contribution is 2.26. The van der Waals surface area contributed by atoms with Gasteiger partial charge in [-0.25, -0.2) is 9.79 Å². The molecule has 0 aliphatic carbocycles. The van der Waals surface area contributed by atoms with Crippen molar-refractivity contribution in [2.45, 2.75) is 33.7 Å². The minimum atomic E-state index is -4.81. The van der Waals surface area contributed by atoms with Crippen LogP contribution in [0.3, 0.4) is 0 Å². The first-order valence-corrected chi connectivity index (χ1v) is 13.8. The molecule has 0 radical (unpaired) electrons. The molecule has 0 aliphatic heterocycles. The van der Waals surface area contributed by atoms with Crippen molar-refractivity contribution in [3.63, 3.8) is 0 Å². The Morgan fingerprint density at radius 3 is 2.13 bits per heavy atom. The zero-order valence-corrected chi connectivity index (χ0v) is 25.1. The fourth-order valence-electron chi connectivity index (χ4n) is 3.79. The molecule has 8 nitrogen and oxygen atoms in total. The number of hydrogen-bond acceptors (Lipinski definition) is 7. The fraction of sp³-hybridized carbons (Fsp3) is 0.235. The van der Waals surface area contributed by atoms with Gasteiger partial charge in [0.05, 0.1) is 6.54 Å². The van der Waals surface area contributed by atoms with Gasteiger partial charge in [-0.1, -0.05) is 36.9 Å². The molecule has 1 N–H and O–H groups in total. The summed E-state index contributed by atoms with van der Waals surface area (Å²) in [5.74, 6) is 0.369. The van der Waals surface area contributed by atoms with Gasteiger partial charge in [-0.05, 0) is 92.1 Å². The molecule has 0 bridgehead atoms. The number of alkyl halides is 3. The molecule has 0 heterocycles. The van der Waals surface area contributed by atoms with Crippen LogP contribution in [0.1, 0.15) is 30.5 Å². The van der Waals surface area contributed by atoms with Crippen LogP contribution in [0.4, 0.5) is 13.2 Å². The highest BCUT2D eigenvalue weighted by atomic mass is 19.4. The Kier molecular flexibility index (Phi) is 12.7. The largest absolute Gasteiger partial charge is 0.573 e. The minimum Gasteiger partial charge on any atom is -0.489 e. The van der Waals surface area contributed by atoms with Crippen molar-refractivity contribution in [3.05, 3.63) is 114 Å². The highest BCUT2D eigenvalue weighted by molar-refractivity contribution is 5.83. The second kappa shape index (κ2) is 16.6. The standard InChI is InChI=1S/C34H34F3NO7/c1-5-7-25(6-2)20-41-28-12-8-26(9-13-28)19-38-32(21-42-30-16-17-31(23(3)18-30)43-22-33(39)40)44-24(4)27-10-14-29(15-11-27)45-34(35,36)37/h5-18H,4,19-22H2,1-3H3,(H,39,40)/b7-5-,25-6+,38-32?. The molecule has 238 valence electrons. The van der Waals surface area contributed by atoms with Gasteiger partial charge in [-0.15, -0.1) is 13.2 Å². The molecular weight excluding hydrogens is 591 g/mol. The summed E-state index contributed by atoms with van der Waals surface area (Å²) in [6.45, 7) is 9.61. The van der Waals surface area contributed by atoms with E-state index >= 15 is 0 Å². The van der Waals surface area contributed by atoms with Gasteiger partial charge in [-0.3, -0.25) is 0 Å². The Hall–Kier alpha value is -5.19. The van der Waals surface area contributed by atoms with E-state index in [1.54, 1.807) is 25.1 Å². The zero-order valence-electron chi connectivity index (χ0n) is 25.1. The molecule has 0 saturated heterocycles. The van der Waals surface area contributed by atoms with E-state index in [-0.39, 0.29) is 30.6 Å². The second-order valence-electron chi connectivity index (χ2n) is 9.50. The Morgan fingerprint density at radius 2 is 1.53 bits per heavy atom. The van der Waals surface area contributed by atoms with Gasteiger partial charge in [0.25, 0.3) is 0 Å². The average molecular weight is 626 g/mol. The van der Waals surface area contributed by atoms with E-state index in [1.165, 1.54) is 12.1 Å². The van der Waals surface area contributed by atoms with Crippen LogP contribution in [0, 0.1) is 6.92 Å². The second-order valence-corrected chi connectivity index (χ2v) is 9.50. The molecule has 0 unspecified atom stereocenters. The molecule has 3 aromatic carbocycles. The topological polar surface area (TPSA) is 95.8 Å². The number of carboxylic acid groups (broad SMARTS) is 1. The summed E-state index contributed by atoms with van der Waals surface area (Å²) in [5, 5.41) is 8.85. The lowest BCUT2D eigenvalue weighted by atomic mass is 10.2. The van der Waals surface area contributed by atoms with Crippen LogP contribution in [0.25, 0.3) is 5.76 Å². The summed E-state index contributed by atoms with van der Waals surface area (Å²) in [6, 6.07) is 17.4. The van der Waals surface area contributed by atoms with Crippen LogP contribution in [-0.2, 0) is 16.1 Å². The lowest BCUT2D eigenvalue weighted by Gasteiger charge is -2.15. The Morgan fingerprint density at radius 1 is 0.889 bits per heavy atom. The fourth-order valence-corrected chi connectivity index (χ4v) is 3.79. The van der Waals surface area contributed by atoms with Crippen molar-refractivity contribution in [3.8, 4) is 23.0 Å². The maximum Gasteiger partial charge on any atom is 0.573 e. The Balaban J connectivity index is 1.73. The quantitative estimate of drug-likeness (QED) is 0.0793. The van der Waals surface area contributed by atoms with E-state index in [0.29, 0.717) is 35.0 Å². The normalized spacial score (nSPS) is 12.1. The number of ether oxygens (including phenoxy) is 5. The number of aliphatic imine (C=N–C) groups is 1. The molecule has 3 rings (SSSR count). The van der Waals surface area contributed by atoms with Crippen molar-refractivity contribution in [1.82, 2.24) is 0 Å². The number of hydrogen-bond donors (Lipinski definition) is 1. The van der Waals surface area contributed by atoms with Gasteiger partial charge in [0.1, 0.15) is 35.4 Å². The lowest BCUT2D eigenvalue weighted by molar-refractivity contribution is -0.274. The van der Waals surface area contributed by atoms with Crippen LogP contribution >= 0.6 is 0 Å². The first kappa shape index (κ1) is 34.3. The third-order valence-corrected chi connectivity index (χ3v) is 6.03. The minimum absolute atomic E-state index is 0.110. The van der Waals surface area contributed by atoms with Gasteiger partial charge >= 0.3 is 12.3 Å². The van der Waals surface area contributed by atoms with Gasteiger partial charge < -0.3 is 28.8 Å². The summed E-state index contributed by atoms with van der Waals surface area (Å²) in [6.07, 6.45) is 1.10. The predicted molar refractivity (Wildman–Crippen MR) is 165 cm³/mol. The van der Waals surface area contributed by atoms with Gasteiger partial charge in [0, 0.05) is 5.56 Å². The summed E-state index contributed by atoms with van der Waals surface area (Å²) in [5.41, 5.74) is 2.98. The molecule has 0 atom stereocenters. The zero-order chi connectivity index (χ0) is 32.8. The third kappa shape index (κ3) is 12.1. The number of carbonyl (C=O) groups is 1. The predicted octanol–water partition coefficient (Wildman–Crippen LogP) is 7.92. The molecule has 0 aliphatic rings. The van der Waals surface area contributed by atoms with Crippen molar-refractivity contribution in [2.75, 3.05) is 19.8 Å². The van der Waals surface area contributed by atoms with Crippen molar-refractivity contribution < 1.29 is 46.8 Å². The van der Waals surface area contributed by atoms with Crippen molar-refractivity contribution >= 4 is 17.6 Å². The number of allylic oxidation sites excluding steroid dienone is 2. The number of nitrogens with zero attached hydrogens (tertiary/aromatic N) is 1. The molecule has 0 saturated carbocycles. The smallest absolute Gasteiger partial charge is 0.489 e. The lowest BCUT2D eigenvalue weighted by Crippen LogP contribution is -2.17. The number of rotatable bonds is 15. The molecule has 11 heteroatoms. The average Bonchev–Trinajstić information content (AvgIpc) is 3.00. The number of carboxylic acids is 1. The van der Waals surface area contributed by atoms with E-state index in [0.717, 1.165) is 23.3 Å². The number of benzene rings is 3. The first-order valence-electron chi connectivity index (χ1n) is 13.8. The molecule has 0 spiro atoms. The van der Waals surface area contributed by atoms with Crippen molar-refractivity contribution in [2.24, 2.45) is 4.99 Å². The Labute approximate surface area is 259 Å². The van der Waals surface area contributed by atoms with Crippen LogP contribution < -0.4 is 18.9 Å². The number of halogens is 3. The molecule has 0 fully saturated rings. The SMILES string of the molecule is C=C(OC(COc1ccc(OCC(=O)O)c(C)c1)=NCc1ccc(OCC(/C=C\C)=C/C)cc1)c1ccc(OC(F)(F)F)cc1. The third-order valence-electron chi connectivity index (χ3n) is 6.03. The summed E-state index contributed by atoms with van der Waals surface area (Å²) in [4.78, 5) is 15.4. The van der Waals surface area contributed by atoms with Crippen LogP contribution in [-0.4, -0.2) is 43.2 Å². The highest BCUT2D eigenvalue weighted by Gasteiger charge is 2.31. The van der Waals surface area contributed by atoms with E-state index in [4.69, 9.17) is 24.1 Å². The molecular formula is C34H34F3NO7. The van der Waals surface area contributed by atoms with Gasteiger partial charge in [0.2, 0.25) is 5.90 Å². The summed E-state index contributed by atoms with van der Waals surface area (Å²) >= 11 is 0. The van der Waals surface area contributed by atoms with E-state index in [2.05, 4.69) is 16.3 Å². The van der Waals surface area contributed by atoms with Crippen LogP contribution in [0.15, 0.2) is 102 Å². The maximum atomic E-state index is 12.5. The summed E-state index contributed by atoms with van der Waals surface area (Å²) < 4.78 is 64.4. The molecule has 45 heavy (non-hydrogen) atoms. The van der Waals surface area contributed by atoms with E-state index in [1.807, 2.05) is 56.3 Å². The van der Waals surface area contributed by atoms with E-state index < -0.39 is 18.9 Å². The van der Waals surface area contributed by atoms with E-state index in [9.17, 15) is 18.0 Å². The van der Waals surface area contributed by atoms with Gasteiger partial charge in [0.15, 0.2) is 13.2 Å². The number of aliphatic carboxylic acids is 1. The Bertz CT molecular complexity index is 1530. The van der Waals surface area contributed by atoms with Crippen molar-refractivity contribution in [1.29, 1.82) is 0 Å². The van der Waals surface area contributed by atoms with Crippen LogP contribution in [0.2, 0.25) is 0 Å². The molecule has 0 amide bonds. The molecule has 0 aromatic heterocycles.